The maximum atomic E-state index is 9.26. The van der Waals surface area contributed by atoms with Crippen molar-refractivity contribution in [3.05, 3.63) is 23.8 Å². The lowest BCUT2D eigenvalue weighted by molar-refractivity contribution is 0.154. The third kappa shape index (κ3) is 1.24. The molecule has 0 saturated carbocycles. The average Bonchev–Trinajstić information content (AvgIpc) is 2.47. The summed E-state index contributed by atoms with van der Waals surface area (Å²) in [4.78, 5) is 0.807. The lowest BCUT2D eigenvalue weighted by Crippen LogP contribution is -1.93. The minimum Gasteiger partial charge on any atom is -0.410 e. The molecule has 0 radical (unpaired) electrons. The number of benzene rings is 1. The van der Waals surface area contributed by atoms with Crippen LogP contribution in [0.15, 0.2) is 18.2 Å². The van der Waals surface area contributed by atoms with Gasteiger partial charge >= 0.3 is 0 Å². The van der Waals surface area contributed by atoms with Gasteiger partial charge in [-0.1, -0.05) is 24.8 Å². The Hall–Kier alpha value is -1.58. The Bertz CT molecular complexity index is 433. The molecule has 0 spiro atoms. The maximum absolute atomic E-state index is 9.26. The van der Waals surface area contributed by atoms with Crippen molar-refractivity contribution in [2.75, 3.05) is 0 Å². The van der Waals surface area contributed by atoms with Crippen LogP contribution < -0.4 is 0 Å². The van der Waals surface area contributed by atoms with Gasteiger partial charge < -0.3 is 5.21 Å². The summed E-state index contributed by atoms with van der Waals surface area (Å²) in [5, 5.41) is 16.6. The van der Waals surface area contributed by atoms with Crippen molar-refractivity contribution in [3.8, 4) is 0 Å². The summed E-state index contributed by atoms with van der Waals surface area (Å²) in [7, 11) is 0. The molecule has 0 amide bonds. The molecule has 4 nitrogen and oxygen atoms in total. The molecule has 13 heavy (non-hydrogen) atoms. The predicted octanol–water partition coefficient (Wildman–Crippen LogP) is 1.79. The first kappa shape index (κ1) is 8.04. The zero-order valence-electron chi connectivity index (χ0n) is 7.60. The van der Waals surface area contributed by atoms with Crippen LogP contribution in [0.5, 0.6) is 0 Å². The third-order valence-electron chi connectivity index (χ3n) is 2.12. The molecule has 0 saturated heterocycles. The van der Waals surface area contributed by atoms with E-state index in [2.05, 4.69) is 24.2 Å². The van der Waals surface area contributed by atoms with Gasteiger partial charge in [0.25, 0.3) is 0 Å². The van der Waals surface area contributed by atoms with E-state index in [1.165, 1.54) is 5.56 Å². The Kier molecular flexibility index (Phi) is 1.69. The quantitative estimate of drug-likeness (QED) is 0.675. The molecular weight excluding hydrogens is 166 g/mol. The van der Waals surface area contributed by atoms with Gasteiger partial charge in [0, 0.05) is 0 Å². The maximum Gasteiger partial charge on any atom is 0.130 e. The van der Waals surface area contributed by atoms with Crippen molar-refractivity contribution in [1.29, 1.82) is 0 Å². The number of nitrogens with zero attached hydrogens (tertiary/aromatic N) is 3. The van der Waals surface area contributed by atoms with Crippen molar-refractivity contribution in [2.45, 2.75) is 19.8 Å². The summed E-state index contributed by atoms with van der Waals surface area (Å²) in [6.45, 7) is 4.21. The highest BCUT2D eigenvalue weighted by Gasteiger charge is 2.05. The van der Waals surface area contributed by atoms with Gasteiger partial charge in [-0.25, -0.2) is 0 Å². The number of fused-ring (bicyclic) bond motifs is 1. The predicted molar refractivity (Wildman–Crippen MR) is 48.8 cm³/mol. The largest absolute Gasteiger partial charge is 0.410 e. The van der Waals surface area contributed by atoms with E-state index in [0.717, 1.165) is 4.85 Å². The van der Waals surface area contributed by atoms with Crippen molar-refractivity contribution in [2.24, 2.45) is 0 Å². The second-order valence-corrected chi connectivity index (χ2v) is 3.38. The molecule has 0 aliphatic rings. The van der Waals surface area contributed by atoms with Gasteiger partial charge in [-0.05, 0) is 28.8 Å². The first-order valence-corrected chi connectivity index (χ1v) is 4.23. The molecule has 2 aromatic rings. The van der Waals surface area contributed by atoms with E-state index < -0.39 is 0 Å². The van der Waals surface area contributed by atoms with Crippen LogP contribution >= 0.6 is 0 Å². The van der Waals surface area contributed by atoms with Crippen LogP contribution in [0.2, 0.25) is 0 Å². The number of aromatic nitrogens is 3. The van der Waals surface area contributed by atoms with E-state index in [1.54, 1.807) is 0 Å². The summed E-state index contributed by atoms with van der Waals surface area (Å²) in [6, 6.07) is 5.77. The molecule has 4 heteroatoms. The van der Waals surface area contributed by atoms with Crippen LogP contribution in [0.1, 0.15) is 25.3 Å². The molecule has 0 aliphatic heterocycles. The zero-order valence-corrected chi connectivity index (χ0v) is 7.60. The molecule has 0 fully saturated rings. The lowest BCUT2D eigenvalue weighted by Gasteiger charge is -2.03. The van der Waals surface area contributed by atoms with E-state index in [1.807, 2.05) is 18.2 Å². The molecular formula is C9H11N3O. The molecule has 1 aromatic heterocycles. The van der Waals surface area contributed by atoms with E-state index >= 15 is 0 Å². The van der Waals surface area contributed by atoms with E-state index in [9.17, 15) is 5.21 Å². The zero-order chi connectivity index (χ0) is 9.42. The monoisotopic (exact) mass is 177 g/mol. The first-order chi connectivity index (χ1) is 6.18. The Morgan fingerprint density at radius 2 is 2.15 bits per heavy atom. The van der Waals surface area contributed by atoms with Crippen molar-refractivity contribution >= 4 is 11.0 Å². The second kappa shape index (κ2) is 2.73. The van der Waals surface area contributed by atoms with Crippen LogP contribution in [0, 0.1) is 0 Å². The van der Waals surface area contributed by atoms with Crippen LogP contribution in [0.25, 0.3) is 11.0 Å². The smallest absolute Gasteiger partial charge is 0.130 e. The second-order valence-electron chi connectivity index (χ2n) is 3.38. The van der Waals surface area contributed by atoms with Crippen molar-refractivity contribution in [3.63, 3.8) is 0 Å². The van der Waals surface area contributed by atoms with Gasteiger partial charge in [0.1, 0.15) is 11.0 Å². The Labute approximate surface area is 75.8 Å². The van der Waals surface area contributed by atoms with E-state index in [0.29, 0.717) is 17.0 Å². The number of hydrogen-bond donors (Lipinski definition) is 1. The fourth-order valence-corrected chi connectivity index (χ4v) is 1.28. The van der Waals surface area contributed by atoms with Crippen LogP contribution in [-0.4, -0.2) is 20.4 Å². The van der Waals surface area contributed by atoms with Gasteiger partial charge in [0.15, 0.2) is 0 Å². The van der Waals surface area contributed by atoms with Crippen molar-refractivity contribution in [1.82, 2.24) is 15.2 Å². The summed E-state index contributed by atoms with van der Waals surface area (Å²) in [5.74, 6) is 0.444. The SMILES string of the molecule is CC(C)c1ccc2nnn(O)c2c1. The molecule has 0 atom stereocenters. The van der Waals surface area contributed by atoms with Crippen LogP contribution in [0.3, 0.4) is 0 Å². The Morgan fingerprint density at radius 1 is 1.38 bits per heavy atom. The minimum absolute atomic E-state index is 0.444. The molecule has 0 unspecified atom stereocenters. The molecule has 0 aliphatic carbocycles. The molecule has 0 bridgehead atoms. The topological polar surface area (TPSA) is 50.9 Å². The van der Waals surface area contributed by atoms with Crippen molar-refractivity contribution < 1.29 is 5.21 Å². The molecule has 1 heterocycles. The molecule has 1 N–H and O–H groups in total. The summed E-state index contributed by atoms with van der Waals surface area (Å²) >= 11 is 0. The first-order valence-electron chi connectivity index (χ1n) is 4.23. The minimum atomic E-state index is 0.444. The lowest BCUT2D eigenvalue weighted by atomic mass is 10.0. The number of rotatable bonds is 1. The molecule has 68 valence electrons. The van der Waals surface area contributed by atoms with E-state index in [4.69, 9.17) is 0 Å². The highest BCUT2D eigenvalue weighted by molar-refractivity contribution is 5.74. The third-order valence-corrected chi connectivity index (χ3v) is 2.12. The average molecular weight is 177 g/mol. The normalized spacial score (nSPS) is 11.3. The van der Waals surface area contributed by atoms with Gasteiger partial charge in [0.2, 0.25) is 0 Å². The number of hydrogen-bond acceptors (Lipinski definition) is 3. The molecule has 1 aromatic carbocycles. The fraction of sp³-hybridized carbons (Fsp3) is 0.333. The summed E-state index contributed by atoms with van der Waals surface area (Å²) in [6.07, 6.45) is 0. The van der Waals surface area contributed by atoms with E-state index in [-0.39, 0.29) is 0 Å². The van der Waals surface area contributed by atoms with Gasteiger partial charge in [-0.15, -0.1) is 5.10 Å². The van der Waals surface area contributed by atoms with Gasteiger partial charge in [-0.2, -0.15) is 0 Å². The highest BCUT2D eigenvalue weighted by Crippen LogP contribution is 2.18. The molecule has 2 rings (SSSR count). The Morgan fingerprint density at radius 3 is 2.85 bits per heavy atom. The fourth-order valence-electron chi connectivity index (χ4n) is 1.28. The standard InChI is InChI=1S/C9H11N3O/c1-6(2)7-3-4-8-9(5-7)12(13)11-10-8/h3-6,13H,1-2H3. The van der Waals surface area contributed by atoms with Gasteiger partial charge in [0.05, 0.1) is 0 Å². The summed E-state index contributed by atoms with van der Waals surface area (Å²) in [5.41, 5.74) is 2.54. The highest BCUT2D eigenvalue weighted by atomic mass is 16.5. The summed E-state index contributed by atoms with van der Waals surface area (Å²) < 4.78 is 0. The van der Waals surface area contributed by atoms with Crippen LogP contribution in [-0.2, 0) is 0 Å². The van der Waals surface area contributed by atoms with Crippen LogP contribution in [0.4, 0.5) is 0 Å². The van der Waals surface area contributed by atoms with Gasteiger partial charge in [-0.3, -0.25) is 0 Å². The Balaban J connectivity index is 2.66.